The van der Waals surface area contributed by atoms with Crippen LogP contribution in [0.1, 0.15) is 40.0 Å². The Morgan fingerprint density at radius 3 is 2.50 bits per heavy atom. The number of amides is 2. The van der Waals surface area contributed by atoms with Crippen molar-refractivity contribution >= 4 is 18.0 Å². The zero-order valence-electron chi connectivity index (χ0n) is 12.1. The van der Waals surface area contributed by atoms with E-state index in [2.05, 4.69) is 5.32 Å². The largest absolute Gasteiger partial charge is 0.481 e. The van der Waals surface area contributed by atoms with Gasteiger partial charge in [0, 0.05) is 19.5 Å². The van der Waals surface area contributed by atoms with Gasteiger partial charge in [-0.2, -0.15) is 0 Å². The average Bonchev–Trinajstić information content (AvgIpc) is 2.71. The molecule has 1 atom stereocenters. The summed E-state index contributed by atoms with van der Waals surface area (Å²) in [6, 6.07) is -0.140. The van der Waals surface area contributed by atoms with Crippen molar-refractivity contribution in [3.05, 3.63) is 0 Å². The second-order valence-electron chi connectivity index (χ2n) is 5.87. The second-order valence-corrected chi connectivity index (χ2v) is 5.87. The maximum Gasteiger partial charge on any atom is 0.407 e. The summed E-state index contributed by atoms with van der Waals surface area (Å²) in [6.07, 6.45) is -0.0196. The molecule has 0 aromatic carbocycles. The van der Waals surface area contributed by atoms with Gasteiger partial charge in [0.05, 0.1) is 12.5 Å². The van der Waals surface area contributed by atoms with Crippen molar-refractivity contribution in [2.24, 2.45) is 0 Å². The third-order valence-corrected chi connectivity index (χ3v) is 2.81. The smallest absolute Gasteiger partial charge is 0.407 e. The summed E-state index contributed by atoms with van der Waals surface area (Å²) in [5.74, 6) is -1.18. The quantitative estimate of drug-likeness (QED) is 0.803. The summed E-state index contributed by atoms with van der Waals surface area (Å²) in [5.41, 5.74) is -0.556. The molecule has 0 unspecified atom stereocenters. The lowest BCUT2D eigenvalue weighted by Crippen LogP contribution is -2.41. The van der Waals surface area contributed by atoms with Crippen LogP contribution in [0.3, 0.4) is 0 Å². The van der Waals surface area contributed by atoms with E-state index in [0.717, 1.165) is 0 Å². The van der Waals surface area contributed by atoms with Gasteiger partial charge in [-0.25, -0.2) is 4.79 Å². The number of rotatable bonds is 4. The molecule has 114 valence electrons. The lowest BCUT2D eigenvalue weighted by Gasteiger charge is -2.22. The van der Waals surface area contributed by atoms with E-state index in [-0.39, 0.29) is 24.8 Å². The molecule has 0 aliphatic carbocycles. The maximum absolute atomic E-state index is 11.7. The van der Waals surface area contributed by atoms with Crippen LogP contribution in [-0.4, -0.2) is 52.7 Å². The van der Waals surface area contributed by atoms with Gasteiger partial charge < -0.3 is 20.1 Å². The van der Waals surface area contributed by atoms with Crippen LogP contribution in [0.2, 0.25) is 0 Å². The highest BCUT2D eigenvalue weighted by Gasteiger charge is 2.28. The van der Waals surface area contributed by atoms with Gasteiger partial charge in [0.15, 0.2) is 0 Å². The molecule has 20 heavy (non-hydrogen) atoms. The first-order valence-electron chi connectivity index (χ1n) is 6.66. The van der Waals surface area contributed by atoms with Crippen LogP contribution in [0.25, 0.3) is 0 Å². The summed E-state index contributed by atoms with van der Waals surface area (Å²) in [7, 11) is 0. The highest BCUT2D eigenvalue weighted by atomic mass is 16.6. The predicted molar refractivity (Wildman–Crippen MR) is 71.2 cm³/mol. The van der Waals surface area contributed by atoms with E-state index in [4.69, 9.17) is 9.84 Å². The SMILES string of the molecule is CC(C)(C)OC(=O)N[C@H]1CCN(C(=O)CCC(=O)O)C1. The molecule has 1 fully saturated rings. The van der Waals surface area contributed by atoms with Crippen molar-refractivity contribution in [1.82, 2.24) is 10.2 Å². The van der Waals surface area contributed by atoms with Crippen LogP contribution in [-0.2, 0) is 14.3 Å². The highest BCUT2D eigenvalue weighted by molar-refractivity contribution is 5.81. The van der Waals surface area contributed by atoms with Crippen molar-refractivity contribution in [1.29, 1.82) is 0 Å². The van der Waals surface area contributed by atoms with Gasteiger partial charge in [-0.1, -0.05) is 0 Å². The van der Waals surface area contributed by atoms with E-state index in [0.29, 0.717) is 19.5 Å². The molecule has 7 nitrogen and oxygen atoms in total. The molecule has 1 saturated heterocycles. The average molecular weight is 286 g/mol. The number of nitrogens with one attached hydrogen (secondary N) is 1. The number of hydrogen-bond acceptors (Lipinski definition) is 4. The first kappa shape index (κ1) is 16.3. The first-order chi connectivity index (χ1) is 9.17. The van der Waals surface area contributed by atoms with Crippen molar-refractivity contribution in [2.45, 2.75) is 51.7 Å². The van der Waals surface area contributed by atoms with Gasteiger partial charge in [0.25, 0.3) is 0 Å². The topological polar surface area (TPSA) is 95.9 Å². The van der Waals surface area contributed by atoms with Gasteiger partial charge in [0.2, 0.25) is 5.91 Å². The minimum absolute atomic E-state index is 0.00547. The molecule has 1 heterocycles. The first-order valence-corrected chi connectivity index (χ1v) is 6.66. The number of ether oxygens (including phenoxy) is 1. The Hall–Kier alpha value is -1.79. The fourth-order valence-electron chi connectivity index (χ4n) is 1.95. The lowest BCUT2D eigenvalue weighted by atomic mass is 10.2. The van der Waals surface area contributed by atoms with Crippen LogP contribution in [0, 0.1) is 0 Å². The maximum atomic E-state index is 11.7. The van der Waals surface area contributed by atoms with Crippen LogP contribution < -0.4 is 5.32 Å². The van der Waals surface area contributed by atoms with E-state index >= 15 is 0 Å². The third-order valence-electron chi connectivity index (χ3n) is 2.81. The van der Waals surface area contributed by atoms with Crippen molar-refractivity contribution in [3.8, 4) is 0 Å². The van der Waals surface area contributed by atoms with Gasteiger partial charge in [0.1, 0.15) is 5.60 Å². The molecule has 2 N–H and O–H groups in total. The summed E-state index contributed by atoms with van der Waals surface area (Å²) in [4.78, 5) is 35.3. The fraction of sp³-hybridized carbons (Fsp3) is 0.769. The Morgan fingerprint density at radius 1 is 1.30 bits per heavy atom. The monoisotopic (exact) mass is 286 g/mol. The standard InChI is InChI=1S/C13H22N2O5/c1-13(2,3)20-12(19)14-9-6-7-15(8-9)10(16)4-5-11(17)18/h9H,4-8H2,1-3H3,(H,14,19)(H,17,18)/t9-/m0/s1. The molecule has 0 saturated carbocycles. The molecule has 2 amide bonds. The van der Waals surface area contributed by atoms with E-state index in [1.807, 2.05) is 0 Å². The van der Waals surface area contributed by atoms with E-state index in [9.17, 15) is 14.4 Å². The van der Waals surface area contributed by atoms with E-state index in [1.54, 1.807) is 25.7 Å². The highest BCUT2D eigenvalue weighted by Crippen LogP contribution is 2.13. The minimum Gasteiger partial charge on any atom is -0.481 e. The summed E-state index contributed by atoms with van der Waals surface area (Å²) < 4.78 is 5.14. The van der Waals surface area contributed by atoms with E-state index in [1.165, 1.54) is 0 Å². The number of carboxylic acids is 1. The number of likely N-dealkylation sites (tertiary alicyclic amines) is 1. The Kier molecular flexibility index (Phi) is 5.35. The van der Waals surface area contributed by atoms with Crippen molar-refractivity contribution in [3.63, 3.8) is 0 Å². The second kappa shape index (κ2) is 6.58. The molecule has 0 bridgehead atoms. The number of nitrogens with zero attached hydrogens (tertiary/aromatic N) is 1. The molecule has 0 radical (unpaired) electrons. The Morgan fingerprint density at radius 2 is 1.95 bits per heavy atom. The summed E-state index contributed by atoms with van der Waals surface area (Å²) in [5, 5.41) is 11.3. The molecule has 0 aromatic heterocycles. The zero-order valence-corrected chi connectivity index (χ0v) is 12.1. The molecule has 1 rings (SSSR count). The zero-order chi connectivity index (χ0) is 15.3. The number of carbonyl (C=O) groups is 3. The van der Waals surface area contributed by atoms with E-state index < -0.39 is 17.7 Å². The van der Waals surface area contributed by atoms with Crippen molar-refractivity contribution in [2.75, 3.05) is 13.1 Å². The Bertz CT molecular complexity index is 389. The molecule has 7 heteroatoms. The Balaban J connectivity index is 2.34. The third kappa shape index (κ3) is 5.90. The molecule has 1 aliphatic heterocycles. The van der Waals surface area contributed by atoms with Gasteiger partial charge in [-0.3, -0.25) is 9.59 Å². The predicted octanol–water partition coefficient (Wildman–Crippen LogP) is 0.977. The molecular formula is C13H22N2O5. The van der Waals surface area contributed by atoms with Gasteiger partial charge in [-0.15, -0.1) is 0 Å². The fourth-order valence-corrected chi connectivity index (χ4v) is 1.95. The Labute approximate surface area is 118 Å². The van der Waals surface area contributed by atoms with Crippen LogP contribution in [0.5, 0.6) is 0 Å². The van der Waals surface area contributed by atoms with Crippen LogP contribution in [0.15, 0.2) is 0 Å². The molecule has 0 spiro atoms. The number of carbonyl (C=O) groups excluding carboxylic acids is 2. The molecule has 0 aromatic rings. The van der Waals surface area contributed by atoms with Crippen molar-refractivity contribution < 1.29 is 24.2 Å². The minimum atomic E-state index is -0.985. The number of alkyl carbamates (subject to hydrolysis) is 1. The van der Waals surface area contributed by atoms with Crippen LogP contribution in [0.4, 0.5) is 4.79 Å². The van der Waals surface area contributed by atoms with Gasteiger partial charge in [-0.05, 0) is 27.2 Å². The molecule has 1 aliphatic rings. The summed E-state index contributed by atoms with van der Waals surface area (Å²) in [6.45, 7) is 6.27. The van der Waals surface area contributed by atoms with Crippen LogP contribution >= 0.6 is 0 Å². The van der Waals surface area contributed by atoms with Gasteiger partial charge >= 0.3 is 12.1 Å². The normalized spacial score (nSPS) is 18.8. The number of hydrogen-bond donors (Lipinski definition) is 2. The molecular weight excluding hydrogens is 264 g/mol. The lowest BCUT2D eigenvalue weighted by molar-refractivity contribution is -0.140. The number of carboxylic acid groups (broad SMARTS) is 1. The number of aliphatic carboxylic acids is 1. The summed E-state index contributed by atoms with van der Waals surface area (Å²) >= 11 is 0.